The third kappa shape index (κ3) is 2.80. The molecule has 1 saturated heterocycles. The van der Waals surface area contributed by atoms with E-state index in [1.807, 2.05) is 11.3 Å². The number of nitrogens with zero attached hydrogens (tertiary/aromatic N) is 1. The van der Waals surface area contributed by atoms with Gasteiger partial charge in [0.15, 0.2) is 0 Å². The van der Waals surface area contributed by atoms with Crippen LogP contribution in [0.3, 0.4) is 0 Å². The van der Waals surface area contributed by atoms with Crippen LogP contribution in [-0.4, -0.2) is 24.0 Å². The van der Waals surface area contributed by atoms with Gasteiger partial charge < -0.3 is 5.32 Å². The smallest absolute Gasteiger partial charge is 0.0479 e. The SMILES string of the molecule is CC1CN(C(C)c2cccs2)C(c2ccccc2)CN1. The minimum absolute atomic E-state index is 0.462. The Morgan fingerprint density at radius 1 is 1.20 bits per heavy atom. The summed E-state index contributed by atoms with van der Waals surface area (Å²) in [4.78, 5) is 4.10. The zero-order valence-electron chi connectivity index (χ0n) is 12.1. The van der Waals surface area contributed by atoms with Crippen LogP contribution in [0.15, 0.2) is 47.8 Å². The van der Waals surface area contributed by atoms with Gasteiger partial charge >= 0.3 is 0 Å². The van der Waals surface area contributed by atoms with E-state index in [1.54, 1.807) is 0 Å². The van der Waals surface area contributed by atoms with E-state index in [0.717, 1.165) is 13.1 Å². The highest BCUT2D eigenvalue weighted by Crippen LogP contribution is 2.34. The van der Waals surface area contributed by atoms with Gasteiger partial charge in [-0.15, -0.1) is 11.3 Å². The molecule has 106 valence electrons. The molecule has 1 aliphatic rings. The summed E-state index contributed by atoms with van der Waals surface area (Å²) in [5.74, 6) is 0. The molecule has 3 unspecified atom stereocenters. The normalized spacial score (nSPS) is 25.5. The van der Waals surface area contributed by atoms with Crippen molar-refractivity contribution in [2.75, 3.05) is 13.1 Å². The highest BCUT2D eigenvalue weighted by molar-refractivity contribution is 7.10. The van der Waals surface area contributed by atoms with Gasteiger partial charge in [0, 0.05) is 36.1 Å². The summed E-state index contributed by atoms with van der Waals surface area (Å²) in [6.07, 6.45) is 0. The van der Waals surface area contributed by atoms with Crippen LogP contribution in [0.1, 0.15) is 36.4 Å². The maximum atomic E-state index is 3.62. The van der Waals surface area contributed by atoms with Gasteiger partial charge in [-0.25, -0.2) is 0 Å². The molecule has 0 spiro atoms. The molecule has 1 aliphatic heterocycles. The Morgan fingerprint density at radius 3 is 2.70 bits per heavy atom. The monoisotopic (exact) mass is 286 g/mol. The summed E-state index contributed by atoms with van der Waals surface area (Å²) in [6.45, 7) is 6.73. The Kier molecular flexibility index (Phi) is 4.20. The first kappa shape index (κ1) is 13.8. The van der Waals surface area contributed by atoms with Gasteiger partial charge in [-0.1, -0.05) is 36.4 Å². The molecule has 3 rings (SSSR count). The molecule has 1 fully saturated rings. The van der Waals surface area contributed by atoms with Crippen molar-refractivity contribution in [3.05, 3.63) is 58.3 Å². The Morgan fingerprint density at radius 2 is 2.00 bits per heavy atom. The third-order valence-electron chi connectivity index (χ3n) is 4.18. The van der Waals surface area contributed by atoms with Gasteiger partial charge in [-0.05, 0) is 30.9 Å². The Balaban J connectivity index is 1.87. The van der Waals surface area contributed by atoms with Gasteiger partial charge in [-0.3, -0.25) is 4.90 Å². The van der Waals surface area contributed by atoms with Gasteiger partial charge in [0.25, 0.3) is 0 Å². The second-order valence-corrected chi connectivity index (χ2v) is 6.60. The summed E-state index contributed by atoms with van der Waals surface area (Å²) in [5.41, 5.74) is 1.41. The molecule has 20 heavy (non-hydrogen) atoms. The van der Waals surface area contributed by atoms with Crippen molar-refractivity contribution in [2.45, 2.75) is 32.0 Å². The number of hydrogen-bond acceptors (Lipinski definition) is 3. The van der Waals surface area contributed by atoms with E-state index in [1.165, 1.54) is 10.4 Å². The quantitative estimate of drug-likeness (QED) is 0.922. The molecule has 2 heterocycles. The maximum absolute atomic E-state index is 3.62. The van der Waals surface area contributed by atoms with Gasteiger partial charge in [0.05, 0.1) is 0 Å². The van der Waals surface area contributed by atoms with E-state index in [-0.39, 0.29) is 0 Å². The predicted molar refractivity (Wildman–Crippen MR) is 86.1 cm³/mol. The number of piperazine rings is 1. The summed E-state index contributed by atoms with van der Waals surface area (Å²) in [6, 6.07) is 16.8. The second-order valence-electron chi connectivity index (χ2n) is 5.62. The van der Waals surface area contributed by atoms with Crippen LogP contribution in [-0.2, 0) is 0 Å². The van der Waals surface area contributed by atoms with Crippen molar-refractivity contribution < 1.29 is 0 Å². The van der Waals surface area contributed by atoms with Crippen molar-refractivity contribution in [3.8, 4) is 0 Å². The third-order valence-corrected chi connectivity index (χ3v) is 5.22. The molecule has 1 aromatic carbocycles. The lowest BCUT2D eigenvalue weighted by atomic mass is 9.99. The summed E-state index contributed by atoms with van der Waals surface area (Å²) < 4.78 is 0. The van der Waals surface area contributed by atoms with Gasteiger partial charge in [0.2, 0.25) is 0 Å². The van der Waals surface area contributed by atoms with Crippen molar-refractivity contribution in [1.82, 2.24) is 10.2 Å². The van der Waals surface area contributed by atoms with E-state index in [2.05, 4.69) is 71.9 Å². The number of rotatable bonds is 3. The largest absolute Gasteiger partial charge is 0.311 e. The van der Waals surface area contributed by atoms with Crippen LogP contribution in [0.2, 0.25) is 0 Å². The van der Waals surface area contributed by atoms with Gasteiger partial charge in [0.1, 0.15) is 0 Å². The average Bonchev–Trinajstić information content (AvgIpc) is 3.01. The maximum Gasteiger partial charge on any atom is 0.0479 e. The average molecular weight is 286 g/mol. The number of hydrogen-bond donors (Lipinski definition) is 1. The van der Waals surface area contributed by atoms with Crippen LogP contribution in [0.5, 0.6) is 0 Å². The molecule has 1 aromatic heterocycles. The summed E-state index contributed by atoms with van der Waals surface area (Å²) in [5, 5.41) is 5.80. The second kappa shape index (κ2) is 6.08. The predicted octanol–water partition coefficient (Wildman–Crippen LogP) is 3.84. The highest BCUT2D eigenvalue weighted by Gasteiger charge is 2.31. The van der Waals surface area contributed by atoms with Crippen molar-refractivity contribution in [3.63, 3.8) is 0 Å². The van der Waals surface area contributed by atoms with Crippen molar-refractivity contribution in [1.29, 1.82) is 0 Å². The zero-order chi connectivity index (χ0) is 13.9. The van der Waals surface area contributed by atoms with E-state index in [4.69, 9.17) is 0 Å². The first-order valence-electron chi connectivity index (χ1n) is 7.33. The fourth-order valence-corrected chi connectivity index (χ4v) is 3.85. The number of benzene rings is 1. The molecule has 0 aliphatic carbocycles. The molecule has 0 saturated carbocycles. The lowest BCUT2D eigenvalue weighted by Gasteiger charge is -2.43. The highest BCUT2D eigenvalue weighted by atomic mass is 32.1. The van der Waals surface area contributed by atoms with Crippen LogP contribution >= 0.6 is 11.3 Å². The molecule has 1 N–H and O–H groups in total. The molecule has 0 amide bonds. The molecule has 3 atom stereocenters. The Labute approximate surface area is 125 Å². The first-order valence-corrected chi connectivity index (χ1v) is 8.21. The topological polar surface area (TPSA) is 15.3 Å². The van der Waals surface area contributed by atoms with Crippen LogP contribution < -0.4 is 5.32 Å². The van der Waals surface area contributed by atoms with Crippen LogP contribution in [0.4, 0.5) is 0 Å². The Hall–Kier alpha value is -1.16. The number of thiophene rings is 1. The lowest BCUT2D eigenvalue weighted by molar-refractivity contribution is 0.0945. The number of nitrogens with one attached hydrogen (secondary N) is 1. The van der Waals surface area contributed by atoms with E-state index < -0.39 is 0 Å². The minimum Gasteiger partial charge on any atom is -0.311 e. The standard InChI is InChI=1S/C17H22N2S/c1-13-12-19(14(2)17-9-6-10-20-17)16(11-18-13)15-7-4-3-5-8-15/h3-10,13-14,16,18H,11-12H2,1-2H3. The molecule has 3 heteroatoms. The fourth-order valence-electron chi connectivity index (χ4n) is 3.04. The van der Waals surface area contributed by atoms with Gasteiger partial charge in [-0.2, -0.15) is 0 Å². The van der Waals surface area contributed by atoms with E-state index in [0.29, 0.717) is 18.1 Å². The molecule has 2 nitrogen and oxygen atoms in total. The zero-order valence-corrected chi connectivity index (χ0v) is 12.9. The van der Waals surface area contributed by atoms with E-state index >= 15 is 0 Å². The van der Waals surface area contributed by atoms with Crippen molar-refractivity contribution >= 4 is 11.3 Å². The first-order chi connectivity index (χ1) is 9.75. The summed E-state index contributed by atoms with van der Waals surface area (Å²) >= 11 is 1.86. The molecular formula is C17H22N2S. The Bertz CT molecular complexity index is 523. The van der Waals surface area contributed by atoms with Crippen LogP contribution in [0.25, 0.3) is 0 Å². The van der Waals surface area contributed by atoms with Crippen LogP contribution in [0, 0.1) is 0 Å². The molecule has 2 aromatic rings. The molecule has 0 radical (unpaired) electrons. The molecule has 0 bridgehead atoms. The van der Waals surface area contributed by atoms with E-state index in [9.17, 15) is 0 Å². The minimum atomic E-state index is 0.462. The summed E-state index contributed by atoms with van der Waals surface area (Å²) in [7, 11) is 0. The lowest BCUT2D eigenvalue weighted by Crippen LogP contribution is -2.51. The van der Waals surface area contributed by atoms with Crippen molar-refractivity contribution in [2.24, 2.45) is 0 Å². The fraction of sp³-hybridized carbons (Fsp3) is 0.412. The molecular weight excluding hydrogens is 264 g/mol.